The zero-order valence-corrected chi connectivity index (χ0v) is 15.7. The van der Waals surface area contributed by atoms with E-state index in [2.05, 4.69) is 15.6 Å². The number of nitrogens with zero attached hydrogens (tertiary/aromatic N) is 1. The number of amides is 2. The number of aromatic nitrogens is 1. The molecule has 0 radical (unpaired) electrons. The number of carbonyl (C=O) groups is 2. The van der Waals surface area contributed by atoms with E-state index in [0.29, 0.717) is 16.3 Å². The Hall–Kier alpha value is -3.18. The van der Waals surface area contributed by atoms with Crippen molar-refractivity contribution < 1.29 is 9.59 Å². The van der Waals surface area contributed by atoms with Crippen molar-refractivity contribution in [3.8, 4) is 0 Å². The lowest BCUT2D eigenvalue weighted by Gasteiger charge is -2.10. The number of hydrogen-bond donors (Lipinski definition) is 2. The van der Waals surface area contributed by atoms with Crippen LogP contribution in [0.25, 0.3) is 0 Å². The Morgan fingerprint density at radius 2 is 1.63 bits per heavy atom. The van der Waals surface area contributed by atoms with Gasteiger partial charge in [0, 0.05) is 28.2 Å². The summed E-state index contributed by atoms with van der Waals surface area (Å²) in [6, 6.07) is 15.6. The molecule has 136 valence electrons. The number of nitrogens with one attached hydrogen (secondary N) is 2. The van der Waals surface area contributed by atoms with Gasteiger partial charge in [-0.1, -0.05) is 29.3 Å². The average Bonchev–Trinajstić information content (AvgIpc) is 2.66. The Kier molecular flexibility index (Phi) is 5.52. The molecule has 0 saturated heterocycles. The lowest BCUT2D eigenvalue weighted by molar-refractivity contribution is 0.102. The number of benzene rings is 2. The minimum atomic E-state index is -0.404. The van der Waals surface area contributed by atoms with E-state index < -0.39 is 5.91 Å². The van der Waals surface area contributed by atoms with Crippen LogP contribution in [0.5, 0.6) is 0 Å². The van der Waals surface area contributed by atoms with Crippen LogP contribution in [0.4, 0.5) is 11.4 Å². The lowest BCUT2D eigenvalue weighted by Crippen LogP contribution is -2.17. The highest BCUT2D eigenvalue weighted by Gasteiger charge is 2.13. The topological polar surface area (TPSA) is 71.1 Å². The largest absolute Gasteiger partial charge is 0.322 e. The summed E-state index contributed by atoms with van der Waals surface area (Å²) in [4.78, 5) is 29.0. The summed E-state index contributed by atoms with van der Waals surface area (Å²) in [6.45, 7) is 3.92. The maximum Gasteiger partial charge on any atom is 0.274 e. The highest BCUT2D eigenvalue weighted by molar-refractivity contribution is 6.30. The van der Waals surface area contributed by atoms with Crippen molar-refractivity contribution in [3.05, 3.63) is 88.2 Å². The van der Waals surface area contributed by atoms with Gasteiger partial charge < -0.3 is 10.6 Å². The third-order valence-electron chi connectivity index (χ3n) is 3.99. The highest BCUT2D eigenvalue weighted by Crippen LogP contribution is 2.18. The second-order valence-electron chi connectivity index (χ2n) is 6.16. The SMILES string of the molecule is Cc1ccc(NC(=O)c2ccnc(C(=O)Nc3ccc(Cl)cc3)c2)c(C)c1. The predicted molar refractivity (Wildman–Crippen MR) is 108 cm³/mol. The van der Waals surface area contributed by atoms with Crippen LogP contribution >= 0.6 is 11.6 Å². The molecule has 6 heteroatoms. The minimum Gasteiger partial charge on any atom is -0.322 e. The molecule has 3 aromatic rings. The molecule has 27 heavy (non-hydrogen) atoms. The molecule has 2 N–H and O–H groups in total. The molecule has 0 bridgehead atoms. The maximum atomic E-state index is 12.5. The number of carbonyl (C=O) groups excluding carboxylic acids is 2. The first-order valence-electron chi connectivity index (χ1n) is 8.34. The number of rotatable bonds is 4. The van der Waals surface area contributed by atoms with Crippen molar-refractivity contribution in [2.45, 2.75) is 13.8 Å². The summed E-state index contributed by atoms with van der Waals surface area (Å²) >= 11 is 5.84. The van der Waals surface area contributed by atoms with E-state index in [4.69, 9.17) is 11.6 Å². The number of pyridine rings is 1. The second-order valence-corrected chi connectivity index (χ2v) is 6.60. The van der Waals surface area contributed by atoms with Crippen LogP contribution in [0.15, 0.2) is 60.8 Å². The Labute approximate surface area is 162 Å². The summed E-state index contributed by atoms with van der Waals surface area (Å²) in [5.41, 5.74) is 3.92. The first kappa shape index (κ1) is 18.6. The lowest BCUT2D eigenvalue weighted by atomic mass is 10.1. The molecule has 0 unspecified atom stereocenters. The number of halogens is 1. The van der Waals surface area contributed by atoms with Gasteiger partial charge in [-0.2, -0.15) is 0 Å². The molecule has 0 spiro atoms. The Balaban J connectivity index is 1.75. The smallest absolute Gasteiger partial charge is 0.274 e. The molecule has 0 atom stereocenters. The summed E-state index contributed by atoms with van der Waals surface area (Å²) in [5, 5.41) is 6.17. The zero-order valence-electron chi connectivity index (χ0n) is 14.9. The van der Waals surface area contributed by atoms with Crippen LogP contribution in [0.3, 0.4) is 0 Å². The van der Waals surface area contributed by atoms with E-state index in [-0.39, 0.29) is 11.6 Å². The van der Waals surface area contributed by atoms with Gasteiger partial charge in [-0.15, -0.1) is 0 Å². The fourth-order valence-corrected chi connectivity index (χ4v) is 2.70. The third kappa shape index (κ3) is 4.71. The van der Waals surface area contributed by atoms with Gasteiger partial charge in [-0.05, 0) is 61.9 Å². The van der Waals surface area contributed by atoms with Crippen LogP contribution in [-0.2, 0) is 0 Å². The molecule has 2 aromatic carbocycles. The molecule has 5 nitrogen and oxygen atoms in total. The minimum absolute atomic E-state index is 0.151. The number of aryl methyl sites for hydroxylation is 2. The molecule has 0 aliphatic carbocycles. The molecular weight excluding hydrogens is 362 g/mol. The van der Waals surface area contributed by atoms with E-state index in [9.17, 15) is 9.59 Å². The van der Waals surface area contributed by atoms with Gasteiger partial charge in [-0.25, -0.2) is 0 Å². The Bertz CT molecular complexity index is 1000. The third-order valence-corrected chi connectivity index (χ3v) is 4.24. The van der Waals surface area contributed by atoms with E-state index in [0.717, 1.165) is 16.8 Å². The van der Waals surface area contributed by atoms with Gasteiger partial charge in [0.2, 0.25) is 0 Å². The monoisotopic (exact) mass is 379 g/mol. The molecule has 0 aliphatic rings. The predicted octanol–water partition coefficient (Wildman–Crippen LogP) is 4.86. The van der Waals surface area contributed by atoms with Crippen molar-refractivity contribution in [2.24, 2.45) is 0 Å². The number of hydrogen-bond acceptors (Lipinski definition) is 3. The molecule has 0 fully saturated rings. The van der Waals surface area contributed by atoms with Crippen molar-refractivity contribution in [3.63, 3.8) is 0 Å². The fourth-order valence-electron chi connectivity index (χ4n) is 2.57. The normalized spacial score (nSPS) is 10.3. The molecule has 0 aliphatic heterocycles. The average molecular weight is 380 g/mol. The molecule has 3 rings (SSSR count). The standard InChI is InChI=1S/C21H18ClN3O2/c1-13-3-8-18(14(2)11-13)25-20(26)15-9-10-23-19(12-15)21(27)24-17-6-4-16(22)5-7-17/h3-12H,1-2H3,(H,24,27)(H,25,26). The number of anilines is 2. The van der Waals surface area contributed by atoms with Crippen LogP contribution in [-0.4, -0.2) is 16.8 Å². The molecule has 0 saturated carbocycles. The van der Waals surface area contributed by atoms with Crippen molar-refractivity contribution >= 4 is 34.8 Å². The van der Waals surface area contributed by atoms with E-state index in [1.54, 1.807) is 30.3 Å². The summed E-state index contributed by atoms with van der Waals surface area (Å²) in [7, 11) is 0. The quantitative estimate of drug-likeness (QED) is 0.680. The molecule has 2 amide bonds. The Morgan fingerprint density at radius 1 is 0.889 bits per heavy atom. The fraction of sp³-hybridized carbons (Fsp3) is 0.0952. The van der Waals surface area contributed by atoms with Crippen molar-refractivity contribution in [1.82, 2.24) is 4.98 Å². The molecule has 1 heterocycles. The van der Waals surface area contributed by atoms with Crippen LogP contribution in [0.1, 0.15) is 32.0 Å². The first-order valence-corrected chi connectivity index (χ1v) is 8.72. The summed E-state index contributed by atoms with van der Waals surface area (Å²) in [6.07, 6.45) is 1.44. The summed E-state index contributed by atoms with van der Waals surface area (Å²) < 4.78 is 0. The van der Waals surface area contributed by atoms with Crippen molar-refractivity contribution in [2.75, 3.05) is 10.6 Å². The van der Waals surface area contributed by atoms with E-state index in [1.807, 2.05) is 32.0 Å². The highest BCUT2D eigenvalue weighted by atomic mass is 35.5. The molecule has 1 aromatic heterocycles. The van der Waals surface area contributed by atoms with Gasteiger partial charge in [0.1, 0.15) is 5.69 Å². The molecular formula is C21H18ClN3O2. The zero-order chi connectivity index (χ0) is 19.4. The van der Waals surface area contributed by atoms with Gasteiger partial charge in [0.25, 0.3) is 11.8 Å². The van der Waals surface area contributed by atoms with Crippen LogP contribution in [0, 0.1) is 13.8 Å². The van der Waals surface area contributed by atoms with Gasteiger partial charge in [0.15, 0.2) is 0 Å². The van der Waals surface area contributed by atoms with E-state index >= 15 is 0 Å². The van der Waals surface area contributed by atoms with Gasteiger partial charge >= 0.3 is 0 Å². The van der Waals surface area contributed by atoms with Crippen LogP contribution < -0.4 is 10.6 Å². The van der Waals surface area contributed by atoms with Crippen LogP contribution in [0.2, 0.25) is 5.02 Å². The summed E-state index contributed by atoms with van der Waals surface area (Å²) in [5.74, 6) is -0.705. The van der Waals surface area contributed by atoms with Gasteiger partial charge in [-0.3, -0.25) is 14.6 Å². The second kappa shape index (κ2) is 8.01. The van der Waals surface area contributed by atoms with E-state index in [1.165, 1.54) is 12.3 Å². The first-order chi connectivity index (χ1) is 12.9. The van der Waals surface area contributed by atoms with Crippen molar-refractivity contribution in [1.29, 1.82) is 0 Å². The van der Waals surface area contributed by atoms with Gasteiger partial charge in [0.05, 0.1) is 0 Å². The maximum absolute atomic E-state index is 12.5. The Morgan fingerprint density at radius 3 is 2.33 bits per heavy atom.